The molecule has 0 saturated heterocycles. The number of aliphatic carboxylic acids is 1. The number of carboxylic acids is 1. The number of carbonyl (C=O) groups excluding carboxylic acids is 1. The van der Waals surface area contributed by atoms with Crippen molar-refractivity contribution in [1.29, 1.82) is 0 Å². The molecule has 1 saturated carbocycles. The van der Waals surface area contributed by atoms with Gasteiger partial charge in [-0.15, -0.1) is 0 Å². The Balaban J connectivity index is 2.36. The van der Waals surface area contributed by atoms with Crippen molar-refractivity contribution in [2.75, 3.05) is 6.54 Å². The van der Waals surface area contributed by atoms with Crippen molar-refractivity contribution in [2.45, 2.75) is 63.5 Å². The number of carbonyl (C=O) groups is 2. The molecule has 1 fully saturated rings. The van der Waals surface area contributed by atoms with Crippen molar-refractivity contribution in [1.82, 2.24) is 10.6 Å². The summed E-state index contributed by atoms with van der Waals surface area (Å²) in [6.45, 7) is 3.33. The summed E-state index contributed by atoms with van der Waals surface area (Å²) in [5.41, 5.74) is -1.63. The Kier molecular flexibility index (Phi) is 5.17. The van der Waals surface area contributed by atoms with Gasteiger partial charge in [0.2, 0.25) is 0 Å². The maximum atomic E-state index is 11.8. The summed E-state index contributed by atoms with van der Waals surface area (Å²) in [7, 11) is 0. The maximum absolute atomic E-state index is 11.8. The summed E-state index contributed by atoms with van der Waals surface area (Å²) in [4.78, 5) is 22.3. The third-order valence-corrected chi connectivity index (χ3v) is 3.53. The maximum Gasteiger partial charge on any atom is 0.315 e. The number of carboxylic acid groups (broad SMARTS) is 1. The fraction of sp³-hybridized carbons (Fsp3) is 0.846. The summed E-state index contributed by atoms with van der Waals surface area (Å²) in [6, 6.07) is -0.352. The van der Waals surface area contributed by atoms with Gasteiger partial charge in [-0.3, -0.25) is 4.79 Å². The van der Waals surface area contributed by atoms with E-state index in [1.54, 1.807) is 0 Å². The molecule has 1 aliphatic carbocycles. The van der Waals surface area contributed by atoms with Crippen molar-refractivity contribution >= 4 is 12.0 Å². The SMILES string of the molecule is CC(O)(CNC(=O)NC1(C)CCCCC1)CC(=O)O. The summed E-state index contributed by atoms with van der Waals surface area (Å²) in [6.07, 6.45) is 4.91. The van der Waals surface area contributed by atoms with E-state index in [4.69, 9.17) is 5.11 Å². The van der Waals surface area contributed by atoms with Gasteiger partial charge in [-0.1, -0.05) is 19.3 Å². The Bertz CT molecular complexity index is 336. The molecule has 0 aromatic carbocycles. The molecule has 0 spiro atoms. The van der Waals surface area contributed by atoms with Crippen LogP contribution in [0.15, 0.2) is 0 Å². The molecule has 1 unspecified atom stereocenters. The van der Waals surface area contributed by atoms with Crippen molar-refractivity contribution in [3.8, 4) is 0 Å². The van der Waals surface area contributed by atoms with Gasteiger partial charge in [-0.05, 0) is 26.7 Å². The van der Waals surface area contributed by atoms with Gasteiger partial charge in [0.1, 0.15) is 0 Å². The molecule has 0 aromatic rings. The topological polar surface area (TPSA) is 98.7 Å². The first-order chi connectivity index (χ1) is 8.72. The molecule has 0 aromatic heterocycles. The lowest BCUT2D eigenvalue weighted by molar-refractivity contribution is -0.141. The Morgan fingerprint density at radius 1 is 1.26 bits per heavy atom. The van der Waals surface area contributed by atoms with Crippen LogP contribution in [-0.4, -0.2) is 39.9 Å². The molecular weight excluding hydrogens is 248 g/mol. The zero-order chi connectivity index (χ0) is 14.5. The first kappa shape index (κ1) is 15.8. The molecule has 0 aliphatic heterocycles. The van der Waals surface area contributed by atoms with Gasteiger partial charge >= 0.3 is 12.0 Å². The molecule has 6 nitrogen and oxygen atoms in total. The summed E-state index contributed by atoms with van der Waals surface area (Å²) >= 11 is 0. The second kappa shape index (κ2) is 6.23. The third-order valence-electron chi connectivity index (χ3n) is 3.53. The molecule has 0 heterocycles. The predicted octanol–water partition coefficient (Wildman–Crippen LogP) is 1.23. The lowest BCUT2D eigenvalue weighted by Crippen LogP contribution is -2.53. The van der Waals surface area contributed by atoms with Crippen LogP contribution in [0, 0.1) is 0 Å². The summed E-state index contributed by atoms with van der Waals surface area (Å²) in [5, 5.41) is 23.9. The number of rotatable bonds is 5. The van der Waals surface area contributed by atoms with Gasteiger partial charge in [-0.2, -0.15) is 0 Å². The van der Waals surface area contributed by atoms with E-state index >= 15 is 0 Å². The predicted molar refractivity (Wildman–Crippen MR) is 70.9 cm³/mol. The van der Waals surface area contributed by atoms with Crippen LogP contribution >= 0.6 is 0 Å². The molecule has 1 atom stereocenters. The van der Waals surface area contributed by atoms with Gasteiger partial charge < -0.3 is 20.8 Å². The molecule has 110 valence electrons. The minimum absolute atomic E-state index is 0.0821. The van der Waals surface area contributed by atoms with Crippen molar-refractivity contribution < 1.29 is 19.8 Å². The van der Waals surface area contributed by atoms with Gasteiger partial charge in [0.05, 0.1) is 12.0 Å². The molecule has 0 bridgehead atoms. The average molecular weight is 272 g/mol. The van der Waals surface area contributed by atoms with Crippen molar-refractivity contribution in [3.63, 3.8) is 0 Å². The Hall–Kier alpha value is -1.30. The second-order valence-corrected chi connectivity index (χ2v) is 6.00. The van der Waals surface area contributed by atoms with Gasteiger partial charge in [0, 0.05) is 12.1 Å². The van der Waals surface area contributed by atoms with E-state index in [0.717, 1.165) is 25.7 Å². The number of amides is 2. The van der Waals surface area contributed by atoms with E-state index < -0.39 is 18.0 Å². The van der Waals surface area contributed by atoms with Crippen LogP contribution in [0.2, 0.25) is 0 Å². The average Bonchev–Trinajstić information content (AvgIpc) is 2.25. The van der Waals surface area contributed by atoms with Gasteiger partial charge in [0.15, 0.2) is 0 Å². The van der Waals surface area contributed by atoms with E-state index in [0.29, 0.717) is 0 Å². The minimum Gasteiger partial charge on any atom is -0.481 e. The highest BCUT2D eigenvalue weighted by Crippen LogP contribution is 2.27. The van der Waals surface area contributed by atoms with Gasteiger partial charge in [0.25, 0.3) is 0 Å². The standard InChI is InChI=1S/C13H24N2O4/c1-12(6-4-3-5-7-12)15-11(18)14-9-13(2,19)8-10(16)17/h19H,3-9H2,1-2H3,(H,16,17)(H2,14,15,18). The monoisotopic (exact) mass is 272 g/mol. The summed E-state index contributed by atoms with van der Waals surface area (Å²) < 4.78 is 0. The summed E-state index contributed by atoms with van der Waals surface area (Å²) in [5.74, 6) is -1.09. The van der Waals surface area contributed by atoms with E-state index in [1.807, 2.05) is 6.92 Å². The molecule has 1 aliphatic rings. The number of nitrogens with one attached hydrogen (secondary N) is 2. The second-order valence-electron chi connectivity index (χ2n) is 6.00. The molecule has 4 N–H and O–H groups in total. The van der Waals surface area contributed by atoms with E-state index in [-0.39, 0.29) is 18.1 Å². The van der Waals surface area contributed by atoms with Crippen molar-refractivity contribution in [3.05, 3.63) is 0 Å². The van der Waals surface area contributed by atoms with E-state index in [2.05, 4.69) is 10.6 Å². The number of urea groups is 1. The Labute approximate surface area is 113 Å². The highest BCUT2D eigenvalue weighted by atomic mass is 16.4. The van der Waals surface area contributed by atoms with Crippen LogP contribution < -0.4 is 10.6 Å². The highest BCUT2D eigenvalue weighted by Gasteiger charge is 2.30. The number of hydrogen-bond acceptors (Lipinski definition) is 3. The first-order valence-corrected chi connectivity index (χ1v) is 6.73. The Morgan fingerprint density at radius 2 is 1.84 bits per heavy atom. The van der Waals surface area contributed by atoms with E-state index in [1.165, 1.54) is 13.3 Å². The molecule has 1 rings (SSSR count). The molecular formula is C13H24N2O4. The smallest absolute Gasteiger partial charge is 0.315 e. The van der Waals surface area contributed by atoms with Crippen LogP contribution in [0.25, 0.3) is 0 Å². The first-order valence-electron chi connectivity index (χ1n) is 6.73. The number of aliphatic hydroxyl groups is 1. The fourth-order valence-corrected chi connectivity index (χ4v) is 2.43. The molecule has 2 amide bonds. The zero-order valence-corrected chi connectivity index (χ0v) is 11.7. The van der Waals surface area contributed by atoms with Crippen LogP contribution in [0.5, 0.6) is 0 Å². The minimum atomic E-state index is -1.43. The van der Waals surface area contributed by atoms with Crippen LogP contribution in [0.4, 0.5) is 4.79 Å². The normalized spacial score (nSPS) is 21.2. The van der Waals surface area contributed by atoms with E-state index in [9.17, 15) is 14.7 Å². The molecule has 19 heavy (non-hydrogen) atoms. The lowest BCUT2D eigenvalue weighted by Gasteiger charge is -2.35. The van der Waals surface area contributed by atoms with Gasteiger partial charge in [-0.25, -0.2) is 4.79 Å². The van der Waals surface area contributed by atoms with Crippen LogP contribution in [-0.2, 0) is 4.79 Å². The quantitative estimate of drug-likeness (QED) is 0.605. The molecule has 0 radical (unpaired) electrons. The Morgan fingerprint density at radius 3 is 2.37 bits per heavy atom. The zero-order valence-electron chi connectivity index (χ0n) is 11.7. The number of hydrogen-bond donors (Lipinski definition) is 4. The van der Waals surface area contributed by atoms with Crippen molar-refractivity contribution in [2.24, 2.45) is 0 Å². The highest BCUT2D eigenvalue weighted by molar-refractivity contribution is 5.75. The third kappa shape index (κ3) is 5.92. The van der Waals surface area contributed by atoms with Crippen LogP contribution in [0.3, 0.4) is 0 Å². The largest absolute Gasteiger partial charge is 0.481 e. The molecule has 6 heteroatoms. The fourth-order valence-electron chi connectivity index (χ4n) is 2.43. The lowest BCUT2D eigenvalue weighted by atomic mass is 9.83. The van der Waals surface area contributed by atoms with Crippen LogP contribution in [0.1, 0.15) is 52.4 Å².